The molecule has 1 aromatic heterocycles. The number of fused-ring (bicyclic) bond motifs is 1. The number of rotatable bonds is 2. The second-order valence-electron chi connectivity index (χ2n) is 5.47. The first-order valence-electron chi connectivity index (χ1n) is 7.29. The molecule has 0 atom stereocenters. The van der Waals surface area contributed by atoms with Crippen molar-refractivity contribution in [1.82, 2.24) is 10.3 Å². The van der Waals surface area contributed by atoms with Gasteiger partial charge in [0, 0.05) is 49.2 Å². The maximum Gasteiger partial charge on any atom is 0.222 e. The molecule has 21 heavy (non-hydrogen) atoms. The van der Waals surface area contributed by atoms with Crippen LogP contribution in [0.1, 0.15) is 12.8 Å². The van der Waals surface area contributed by atoms with E-state index in [-0.39, 0.29) is 11.8 Å². The van der Waals surface area contributed by atoms with E-state index >= 15 is 0 Å². The van der Waals surface area contributed by atoms with Crippen molar-refractivity contribution in [2.45, 2.75) is 12.8 Å². The summed E-state index contributed by atoms with van der Waals surface area (Å²) in [5.74, 6) is 0.268. The van der Waals surface area contributed by atoms with Gasteiger partial charge in [0.15, 0.2) is 0 Å². The number of anilines is 2. The van der Waals surface area contributed by atoms with Gasteiger partial charge in [-0.2, -0.15) is 0 Å². The number of nitrogens with two attached hydrogens (primary N) is 1. The van der Waals surface area contributed by atoms with Crippen molar-refractivity contribution in [3.8, 4) is 0 Å². The Labute approximate surface area is 124 Å². The van der Waals surface area contributed by atoms with Crippen LogP contribution < -0.4 is 16.0 Å². The van der Waals surface area contributed by atoms with Gasteiger partial charge in [-0.15, -0.1) is 0 Å². The lowest BCUT2D eigenvalue weighted by Gasteiger charge is -2.33. The molecule has 1 aliphatic rings. The number of nitrogen functional groups attached to an aromatic ring is 1. The van der Waals surface area contributed by atoms with E-state index in [4.69, 9.17) is 5.73 Å². The van der Waals surface area contributed by atoms with E-state index in [2.05, 4.69) is 27.3 Å². The highest BCUT2D eigenvalue weighted by molar-refractivity contribution is 5.98. The second kappa shape index (κ2) is 5.60. The zero-order chi connectivity index (χ0) is 14.8. The van der Waals surface area contributed by atoms with Crippen LogP contribution in [-0.4, -0.2) is 31.0 Å². The molecule has 3 rings (SSSR count). The number of carbonyl (C=O) groups is 1. The number of nitrogens with one attached hydrogen (secondary N) is 1. The lowest BCUT2D eigenvalue weighted by atomic mass is 9.95. The summed E-state index contributed by atoms with van der Waals surface area (Å²) in [6.45, 7) is 1.72. The number of hydrogen-bond acceptors (Lipinski definition) is 4. The van der Waals surface area contributed by atoms with E-state index < -0.39 is 0 Å². The molecule has 1 aromatic carbocycles. The molecular weight excluding hydrogens is 264 g/mol. The first-order valence-corrected chi connectivity index (χ1v) is 7.29. The summed E-state index contributed by atoms with van der Waals surface area (Å²) in [7, 11) is 1.70. The molecule has 1 saturated heterocycles. The van der Waals surface area contributed by atoms with Crippen molar-refractivity contribution in [2.75, 3.05) is 30.8 Å². The minimum atomic E-state index is 0.122. The van der Waals surface area contributed by atoms with E-state index in [1.807, 2.05) is 12.3 Å². The van der Waals surface area contributed by atoms with Crippen LogP contribution in [0.3, 0.4) is 0 Å². The molecule has 1 aliphatic heterocycles. The van der Waals surface area contributed by atoms with Gasteiger partial charge in [-0.05, 0) is 25.0 Å². The Morgan fingerprint density at radius 2 is 2.10 bits per heavy atom. The van der Waals surface area contributed by atoms with Crippen LogP contribution >= 0.6 is 0 Å². The summed E-state index contributed by atoms with van der Waals surface area (Å²) in [5, 5.41) is 4.83. The third-order valence-corrected chi connectivity index (χ3v) is 4.29. The van der Waals surface area contributed by atoms with Gasteiger partial charge >= 0.3 is 0 Å². The number of pyridine rings is 1. The van der Waals surface area contributed by atoms with Gasteiger partial charge in [0.2, 0.25) is 5.91 Å². The molecule has 0 aliphatic carbocycles. The minimum Gasteiger partial charge on any atom is -0.397 e. The van der Waals surface area contributed by atoms with Gasteiger partial charge in [-0.3, -0.25) is 9.78 Å². The van der Waals surface area contributed by atoms with Gasteiger partial charge in [0.25, 0.3) is 0 Å². The van der Waals surface area contributed by atoms with Crippen LogP contribution in [0.5, 0.6) is 0 Å². The van der Waals surface area contributed by atoms with Crippen molar-refractivity contribution in [1.29, 1.82) is 0 Å². The number of nitrogens with zero attached hydrogens (tertiary/aromatic N) is 2. The minimum absolute atomic E-state index is 0.122. The van der Waals surface area contributed by atoms with Crippen LogP contribution in [0.2, 0.25) is 0 Å². The summed E-state index contributed by atoms with van der Waals surface area (Å²) >= 11 is 0. The van der Waals surface area contributed by atoms with E-state index in [9.17, 15) is 4.79 Å². The van der Waals surface area contributed by atoms with E-state index in [0.29, 0.717) is 0 Å². The molecule has 0 bridgehead atoms. The van der Waals surface area contributed by atoms with Crippen molar-refractivity contribution in [3.05, 3.63) is 30.6 Å². The monoisotopic (exact) mass is 284 g/mol. The molecule has 5 heteroatoms. The van der Waals surface area contributed by atoms with Crippen LogP contribution in [-0.2, 0) is 4.79 Å². The quantitative estimate of drug-likeness (QED) is 0.825. The molecule has 1 amide bonds. The Bertz CT molecular complexity index is 662. The zero-order valence-electron chi connectivity index (χ0n) is 12.2. The predicted molar refractivity (Wildman–Crippen MR) is 85.2 cm³/mol. The van der Waals surface area contributed by atoms with E-state index in [1.165, 1.54) is 0 Å². The molecule has 110 valence electrons. The average Bonchev–Trinajstić information content (AvgIpc) is 2.55. The third kappa shape index (κ3) is 2.51. The van der Waals surface area contributed by atoms with Gasteiger partial charge in [0.05, 0.1) is 11.4 Å². The standard InChI is InChI=1S/C16H20N4O/c1-18-16(21)11-5-8-20(9-6-11)14-3-2-12-10-19-7-4-13(12)15(14)17/h2-4,7,10-11H,5-6,8-9,17H2,1H3,(H,18,21). The molecule has 2 aromatic rings. The Balaban J connectivity index is 1.82. The van der Waals surface area contributed by atoms with Crippen LogP contribution in [0, 0.1) is 5.92 Å². The molecule has 0 radical (unpaired) electrons. The molecule has 0 saturated carbocycles. The zero-order valence-corrected chi connectivity index (χ0v) is 12.2. The van der Waals surface area contributed by atoms with Crippen molar-refractivity contribution in [2.24, 2.45) is 5.92 Å². The SMILES string of the molecule is CNC(=O)C1CCN(c2ccc3cnccc3c2N)CC1. The summed E-state index contributed by atoms with van der Waals surface area (Å²) in [6, 6.07) is 6.06. The van der Waals surface area contributed by atoms with Crippen LogP contribution in [0.4, 0.5) is 11.4 Å². The number of carbonyl (C=O) groups excluding carboxylic acids is 1. The lowest BCUT2D eigenvalue weighted by molar-refractivity contribution is -0.125. The number of amides is 1. The molecular formula is C16H20N4O. The van der Waals surface area contributed by atoms with Gasteiger partial charge in [-0.25, -0.2) is 0 Å². The van der Waals surface area contributed by atoms with E-state index in [0.717, 1.165) is 48.1 Å². The maximum atomic E-state index is 11.7. The number of piperidine rings is 1. The molecule has 0 spiro atoms. The van der Waals surface area contributed by atoms with Gasteiger partial charge in [-0.1, -0.05) is 6.07 Å². The Morgan fingerprint density at radius 3 is 2.81 bits per heavy atom. The average molecular weight is 284 g/mol. The van der Waals surface area contributed by atoms with Crippen molar-refractivity contribution in [3.63, 3.8) is 0 Å². The topological polar surface area (TPSA) is 71.2 Å². The largest absolute Gasteiger partial charge is 0.397 e. The van der Waals surface area contributed by atoms with Gasteiger partial charge < -0.3 is 16.0 Å². The smallest absolute Gasteiger partial charge is 0.222 e. The Morgan fingerprint density at radius 1 is 1.33 bits per heavy atom. The summed E-state index contributed by atoms with van der Waals surface area (Å²) in [6.07, 6.45) is 5.33. The normalized spacial score (nSPS) is 16.1. The third-order valence-electron chi connectivity index (χ3n) is 4.29. The first kappa shape index (κ1) is 13.7. The number of aromatic nitrogens is 1. The summed E-state index contributed by atoms with van der Waals surface area (Å²) < 4.78 is 0. The molecule has 1 fully saturated rings. The fraction of sp³-hybridized carbons (Fsp3) is 0.375. The van der Waals surface area contributed by atoms with Crippen LogP contribution in [0.25, 0.3) is 10.8 Å². The molecule has 3 N–H and O–H groups in total. The Hall–Kier alpha value is -2.30. The molecule has 5 nitrogen and oxygen atoms in total. The first-order chi connectivity index (χ1) is 10.2. The van der Waals surface area contributed by atoms with Crippen molar-refractivity contribution < 1.29 is 4.79 Å². The van der Waals surface area contributed by atoms with Gasteiger partial charge in [0.1, 0.15) is 0 Å². The fourth-order valence-electron chi connectivity index (χ4n) is 3.04. The number of benzene rings is 1. The molecule has 2 heterocycles. The summed E-state index contributed by atoms with van der Waals surface area (Å²) in [4.78, 5) is 18.1. The maximum absolute atomic E-state index is 11.7. The predicted octanol–water partition coefficient (Wildman–Crippen LogP) is 1.78. The molecule has 0 unspecified atom stereocenters. The summed E-state index contributed by atoms with van der Waals surface area (Å²) in [5.41, 5.74) is 8.18. The second-order valence-corrected chi connectivity index (χ2v) is 5.47. The highest BCUT2D eigenvalue weighted by Gasteiger charge is 2.25. The highest BCUT2D eigenvalue weighted by atomic mass is 16.1. The fourth-order valence-corrected chi connectivity index (χ4v) is 3.04. The lowest BCUT2D eigenvalue weighted by Crippen LogP contribution is -2.39. The van der Waals surface area contributed by atoms with Crippen molar-refractivity contribution >= 4 is 28.1 Å². The highest BCUT2D eigenvalue weighted by Crippen LogP contribution is 2.33. The Kier molecular flexibility index (Phi) is 3.64. The number of hydrogen-bond donors (Lipinski definition) is 2. The van der Waals surface area contributed by atoms with E-state index in [1.54, 1.807) is 13.2 Å². The van der Waals surface area contributed by atoms with Crippen LogP contribution in [0.15, 0.2) is 30.6 Å².